The third-order valence-corrected chi connectivity index (χ3v) is 3.31. The van der Waals surface area contributed by atoms with E-state index in [1.54, 1.807) is 36.8 Å². The molecule has 3 rings (SSSR count). The zero-order chi connectivity index (χ0) is 13.9. The van der Waals surface area contributed by atoms with E-state index in [2.05, 4.69) is 9.97 Å². The molecule has 20 heavy (non-hydrogen) atoms. The molecular weight excluding hydrogens is 274 g/mol. The lowest BCUT2D eigenvalue weighted by Gasteiger charge is -2.11. The molecule has 0 fully saturated rings. The van der Waals surface area contributed by atoms with Gasteiger partial charge >= 0.3 is 0 Å². The van der Waals surface area contributed by atoms with Crippen LogP contribution in [0.3, 0.4) is 0 Å². The lowest BCUT2D eigenvalue weighted by atomic mass is 10.2. The van der Waals surface area contributed by atoms with E-state index in [-0.39, 0.29) is 0 Å². The first-order valence-corrected chi connectivity index (χ1v) is 6.51. The van der Waals surface area contributed by atoms with Crippen LogP contribution in [0.15, 0.2) is 48.9 Å². The molecule has 0 spiro atoms. The van der Waals surface area contributed by atoms with Crippen molar-refractivity contribution in [2.24, 2.45) is 5.73 Å². The zero-order valence-corrected chi connectivity index (χ0v) is 11.3. The fraction of sp³-hybridized carbons (Fsp3) is 0.0667. The van der Waals surface area contributed by atoms with Crippen LogP contribution in [0, 0.1) is 0 Å². The van der Waals surface area contributed by atoms with E-state index in [0.29, 0.717) is 23.1 Å². The van der Waals surface area contributed by atoms with Gasteiger partial charge in [0, 0.05) is 36.1 Å². The second kappa shape index (κ2) is 5.45. The molecule has 0 aliphatic carbocycles. The highest BCUT2D eigenvalue weighted by molar-refractivity contribution is 6.35. The average molecular weight is 286 g/mol. The van der Waals surface area contributed by atoms with E-state index in [1.807, 2.05) is 12.1 Å². The van der Waals surface area contributed by atoms with Gasteiger partial charge < -0.3 is 10.5 Å². The van der Waals surface area contributed by atoms with Gasteiger partial charge in [-0.1, -0.05) is 11.6 Å². The van der Waals surface area contributed by atoms with Crippen LogP contribution < -0.4 is 10.5 Å². The first-order chi connectivity index (χ1) is 9.79. The summed E-state index contributed by atoms with van der Waals surface area (Å²) in [5.74, 6) is 1.32. The predicted octanol–water partition coefficient (Wildman–Crippen LogP) is 3.53. The third-order valence-electron chi connectivity index (χ3n) is 2.98. The summed E-state index contributed by atoms with van der Waals surface area (Å²) in [6.45, 7) is 0.363. The van der Waals surface area contributed by atoms with Gasteiger partial charge in [-0.3, -0.25) is 9.97 Å². The molecule has 100 valence electrons. The number of nitrogens with two attached hydrogens (primary N) is 1. The number of rotatable bonds is 3. The highest BCUT2D eigenvalue weighted by atomic mass is 35.5. The smallest absolute Gasteiger partial charge is 0.153 e. The van der Waals surface area contributed by atoms with Crippen LogP contribution in [-0.4, -0.2) is 9.97 Å². The Kier molecular flexibility index (Phi) is 3.50. The molecule has 0 saturated heterocycles. The highest BCUT2D eigenvalue weighted by Crippen LogP contribution is 2.33. The minimum atomic E-state index is 0.363. The number of pyridine rings is 2. The van der Waals surface area contributed by atoms with E-state index in [1.165, 1.54) is 0 Å². The normalized spacial score (nSPS) is 10.7. The standard InChI is InChI=1S/C15H12ClN3O/c16-12-3-4-14(15-11(12)2-1-6-19-15)20-13-5-7-18-9-10(13)8-17/h1-7,9H,8,17H2. The van der Waals surface area contributed by atoms with Gasteiger partial charge in [0.2, 0.25) is 0 Å². The molecule has 5 heteroatoms. The SMILES string of the molecule is NCc1cnccc1Oc1ccc(Cl)c2cccnc12. The molecule has 0 radical (unpaired) electrons. The Bertz CT molecular complexity index is 761. The molecule has 3 aromatic rings. The summed E-state index contributed by atoms with van der Waals surface area (Å²) >= 11 is 6.16. The zero-order valence-electron chi connectivity index (χ0n) is 10.6. The fourth-order valence-electron chi connectivity index (χ4n) is 1.98. The van der Waals surface area contributed by atoms with Crippen molar-refractivity contribution in [3.8, 4) is 11.5 Å². The molecule has 2 N–H and O–H groups in total. The largest absolute Gasteiger partial charge is 0.455 e. The number of hydrogen-bond acceptors (Lipinski definition) is 4. The van der Waals surface area contributed by atoms with E-state index in [9.17, 15) is 0 Å². The summed E-state index contributed by atoms with van der Waals surface area (Å²) in [5.41, 5.74) is 7.25. The van der Waals surface area contributed by atoms with Crippen LogP contribution in [0.25, 0.3) is 10.9 Å². The molecule has 0 amide bonds. The Labute approximate surface area is 121 Å². The Morgan fingerprint density at radius 3 is 2.85 bits per heavy atom. The summed E-state index contributed by atoms with van der Waals surface area (Å²) < 4.78 is 5.93. The van der Waals surface area contributed by atoms with Gasteiger partial charge in [0.05, 0.1) is 5.02 Å². The maximum absolute atomic E-state index is 6.16. The summed E-state index contributed by atoms with van der Waals surface area (Å²) in [5, 5.41) is 1.50. The van der Waals surface area contributed by atoms with Gasteiger partial charge in [0.25, 0.3) is 0 Å². The minimum Gasteiger partial charge on any atom is -0.455 e. The van der Waals surface area contributed by atoms with Crippen LogP contribution >= 0.6 is 11.6 Å². The van der Waals surface area contributed by atoms with E-state index in [4.69, 9.17) is 22.1 Å². The maximum Gasteiger partial charge on any atom is 0.153 e. The lowest BCUT2D eigenvalue weighted by Crippen LogP contribution is -2.00. The van der Waals surface area contributed by atoms with E-state index in [0.717, 1.165) is 16.5 Å². The van der Waals surface area contributed by atoms with Crippen molar-refractivity contribution in [3.63, 3.8) is 0 Å². The summed E-state index contributed by atoms with van der Waals surface area (Å²) in [7, 11) is 0. The average Bonchev–Trinajstić information content (AvgIpc) is 2.51. The van der Waals surface area contributed by atoms with Gasteiger partial charge in [-0.25, -0.2) is 0 Å². The number of hydrogen-bond donors (Lipinski definition) is 1. The lowest BCUT2D eigenvalue weighted by molar-refractivity contribution is 0.480. The van der Waals surface area contributed by atoms with Crippen LogP contribution in [-0.2, 0) is 6.54 Å². The summed E-state index contributed by atoms with van der Waals surface area (Å²) in [4.78, 5) is 8.37. The molecule has 0 atom stereocenters. The number of benzene rings is 1. The van der Waals surface area contributed by atoms with Crippen molar-refractivity contribution in [3.05, 3.63) is 59.5 Å². The Balaban J connectivity index is 2.09. The van der Waals surface area contributed by atoms with Crippen LogP contribution in [0.5, 0.6) is 11.5 Å². The molecule has 0 saturated carbocycles. The summed E-state index contributed by atoms with van der Waals surface area (Å²) in [6.07, 6.45) is 5.07. The molecule has 1 aromatic carbocycles. The Hall–Kier alpha value is -2.17. The monoisotopic (exact) mass is 285 g/mol. The Morgan fingerprint density at radius 1 is 1.10 bits per heavy atom. The van der Waals surface area contributed by atoms with Gasteiger partial charge in [0.15, 0.2) is 5.75 Å². The summed E-state index contributed by atoms with van der Waals surface area (Å²) in [6, 6.07) is 9.14. The first-order valence-electron chi connectivity index (χ1n) is 6.13. The van der Waals surface area contributed by atoms with E-state index >= 15 is 0 Å². The molecule has 4 nitrogen and oxygen atoms in total. The van der Waals surface area contributed by atoms with Crippen molar-refractivity contribution in [1.82, 2.24) is 9.97 Å². The number of aromatic nitrogens is 2. The Morgan fingerprint density at radius 2 is 2.00 bits per heavy atom. The van der Waals surface area contributed by atoms with Crippen LogP contribution in [0.4, 0.5) is 0 Å². The maximum atomic E-state index is 6.16. The van der Waals surface area contributed by atoms with Gasteiger partial charge in [-0.2, -0.15) is 0 Å². The van der Waals surface area contributed by atoms with Crippen LogP contribution in [0.1, 0.15) is 5.56 Å². The number of halogens is 1. The van der Waals surface area contributed by atoms with Crippen molar-refractivity contribution >= 4 is 22.5 Å². The topological polar surface area (TPSA) is 61.0 Å². The molecule has 0 aliphatic heterocycles. The molecule has 0 aliphatic rings. The quantitative estimate of drug-likeness (QED) is 0.799. The number of nitrogens with zero attached hydrogens (tertiary/aromatic N) is 2. The van der Waals surface area contributed by atoms with Gasteiger partial charge in [-0.05, 0) is 30.3 Å². The highest BCUT2D eigenvalue weighted by Gasteiger charge is 2.09. The van der Waals surface area contributed by atoms with Crippen molar-refractivity contribution in [1.29, 1.82) is 0 Å². The van der Waals surface area contributed by atoms with Crippen molar-refractivity contribution in [2.45, 2.75) is 6.54 Å². The fourth-order valence-corrected chi connectivity index (χ4v) is 2.20. The molecular formula is C15H12ClN3O. The molecule has 2 aromatic heterocycles. The third kappa shape index (κ3) is 2.31. The van der Waals surface area contributed by atoms with Gasteiger partial charge in [0.1, 0.15) is 11.3 Å². The number of fused-ring (bicyclic) bond motifs is 1. The number of ether oxygens (including phenoxy) is 1. The second-order valence-electron chi connectivity index (χ2n) is 4.23. The van der Waals surface area contributed by atoms with Crippen molar-refractivity contribution in [2.75, 3.05) is 0 Å². The van der Waals surface area contributed by atoms with Gasteiger partial charge in [-0.15, -0.1) is 0 Å². The predicted molar refractivity (Wildman–Crippen MR) is 79.0 cm³/mol. The van der Waals surface area contributed by atoms with Crippen LogP contribution in [0.2, 0.25) is 5.02 Å². The molecule has 0 bridgehead atoms. The minimum absolute atomic E-state index is 0.363. The molecule has 2 heterocycles. The first kappa shape index (κ1) is 12.8. The molecule has 0 unspecified atom stereocenters. The second-order valence-corrected chi connectivity index (χ2v) is 4.64. The van der Waals surface area contributed by atoms with Crippen molar-refractivity contribution < 1.29 is 4.74 Å². The van der Waals surface area contributed by atoms with E-state index < -0.39 is 0 Å².